The van der Waals surface area contributed by atoms with Crippen molar-refractivity contribution < 1.29 is 17.6 Å². The predicted octanol–water partition coefficient (Wildman–Crippen LogP) is 0.617. The number of furan rings is 1. The van der Waals surface area contributed by atoms with Crippen molar-refractivity contribution in [3.63, 3.8) is 0 Å². The van der Waals surface area contributed by atoms with Gasteiger partial charge in [-0.1, -0.05) is 6.42 Å². The first-order chi connectivity index (χ1) is 10.8. The maximum Gasteiger partial charge on any atom is 0.275 e. The van der Waals surface area contributed by atoms with Crippen LogP contribution in [0, 0.1) is 11.3 Å². The van der Waals surface area contributed by atoms with E-state index in [0.29, 0.717) is 24.8 Å². The van der Waals surface area contributed by atoms with E-state index in [9.17, 15) is 13.2 Å². The maximum absolute atomic E-state index is 12.0. The topological polar surface area (TPSA) is 96.9 Å². The minimum absolute atomic E-state index is 0.0542. The van der Waals surface area contributed by atoms with Gasteiger partial charge in [-0.2, -0.15) is 0 Å². The van der Waals surface area contributed by atoms with E-state index < -0.39 is 15.4 Å². The third-order valence-corrected chi connectivity index (χ3v) is 6.87. The van der Waals surface area contributed by atoms with Gasteiger partial charge in [-0.25, -0.2) is 12.7 Å². The van der Waals surface area contributed by atoms with Gasteiger partial charge in [-0.05, 0) is 30.9 Å². The van der Waals surface area contributed by atoms with Crippen LogP contribution in [0.3, 0.4) is 0 Å². The lowest BCUT2D eigenvalue weighted by atomic mass is 9.80. The molecule has 0 unspecified atom stereocenters. The minimum atomic E-state index is -3.56. The SMILES string of the molecule is CN(C)S(=O)(=O)c1ccc(CN2C[C@@H]3CCC[C@]3(C(N)=O)C2)o1. The monoisotopic (exact) mass is 341 g/mol. The standard InChI is InChI=1S/C15H23N3O4S/c1-17(2)23(20,21)13-6-5-12(22-13)9-18-8-11-4-3-7-15(11,10-18)14(16)19/h5-6,11H,3-4,7-10H2,1-2H3,(H2,16,19)/t11-,15-/m0/s1. The number of likely N-dealkylation sites (tertiary alicyclic amines) is 1. The molecule has 1 saturated heterocycles. The number of hydrogen-bond donors (Lipinski definition) is 1. The van der Waals surface area contributed by atoms with E-state index >= 15 is 0 Å². The second-order valence-electron chi connectivity index (χ2n) is 6.79. The fourth-order valence-electron chi connectivity index (χ4n) is 3.90. The summed E-state index contributed by atoms with van der Waals surface area (Å²) in [6.45, 7) is 1.93. The van der Waals surface area contributed by atoms with E-state index in [4.69, 9.17) is 10.2 Å². The fourth-order valence-corrected chi connectivity index (χ4v) is 4.71. The number of carbonyl (C=O) groups is 1. The van der Waals surface area contributed by atoms with Gasteiger partial charge in [0, 0.05) is 27.2 Å². The molecule has 2 heterocycles. The molecule has 1 aromatic heterocycles. The Bertz CT molecular complexity index is 712. The van der Waals surface area contributed by atoms with Crippen LogP contribution in [0.1, 0.15) is 25.0 Å². The van der Waals surface area contributed by atoms with Crippen molar-refractivity contribution in [2.45, 2.75) is 30.9 Å². The van der Waals surface area contributed by atoms with Crippen molar-refractivity contribution in [1.82, 2.24) is 9.21 Å². The molecular formula is C15H23N3O4S. The molecule has 3 rings (SSSR count). The summed E-state index contributed by atoms with van der Waals surface area (Å²) in [5, 5.41) is -0.0542. The second-order valence-corrected chi connectivity index (χ2v) is 8.87. The Morgan fingerprint density at radius 1 is 1.48 bits per heavy atom. The number of nitrogens with zero attached hydrogens (tertiary/aromatic N) is 2. The number of rotatable bonds is 5. The van der Waals surface area contributed by atoms with Crippen molar-refractivity contribution >= 4 is 15.9 Å². The summed E-state index contributed by atoms with van der Waals surface area (Å²) < 4.78 is 30.7. The van der Waals surface area contributed by atoms with Gasteiger partial charge < -0.3 is 10.2 Å². The van der Waals surface area contributed by atoms with Gasteiger partial charge in [-0.3, -0.25) is 9.69 Å². The van der Waals surface area contributed by atoms with Crippen LogP contribution in [0.15, 0.2) is 21.6 Å². The van der Waals surface area contributed by atoms with Gasteiger partial charge in [0.2, 0.25) is 11.0 Å². The molecule has 0 radical (unpaired) electrons. The zero-order chi connectivity index (χ0) is 16.8. The van der Waals surface area contributed by atoms with Crippen LogP contribution in [0.4, 0.5) is 0 Å². The van der Waals surface area contributed by atoms with E-state index in [-0.39, 0.29) is 11.0 Å². The largest absolute Gasteiger partial charge is 0.447 e. The molecule has 2 N–H and O–H groups in total. The highest BCUT2D eigenvalue weighted by molar-refractivity contribution is 7.88. The molecule has 2 atom stereocenters. The van der Waals surface area contributed by atoms with Crippen LogP contribution in [-0.4, -0.2) is 50.7 Å². The van der Waals surface area contributed by atoms with Crippen LogP contribution in [-0.2, 0) is 21.4 Å². The number of hydrogen-bond acceptors (Lipinski definition) is 5. The highest BCUT2D eigenvalue weighted by Gasteiger charge is 2.53. The first-order valence-electron chi connectivity index (χ1n) is 7.79. The number of amides is 1. The van der Waals surface area contributed by atoms with Crippen LogP contribution >= 0.6 is 0 Å². The highest BCUT2D eigenvalue weighted by Crippen LogP contribution is 2.48. The summed E-state index contributed by atoms with van der Waals surface area (Å²) in [6.07, 6.45) is 2.92. The molecule has 7 nitrogen and oxygen atoms in total. The van der Waals surface area contributed by atoms with Gasteiger partial charge >= 0.3 is 0 Å². The zero-order valence-electron chi connectivity index (χ0n) is 13.5. The van der Waals surface area contributed by atoms with E-state index in [1.807, 2.05) is 0 Å². The molecule has 0 bridgehead atoms. The van der Waals surface area contributed by atoms with Crippen molar-refractivity contribution in [3.8, 4) is 0 Å². The third-order valence-electron chi connectivity index (χ3n) is 5.18. The summed E-state index contributed by atoms with van der Waals surface area (Å²) in [5.74, 6) is 0.683. The van der Waals surface area contributed by atoms with Gasteiger partial charge in [0.05, 0.1) is 12.0 Å². The molecule has 1 saturated carbocycles. The quantitative estimate of drug-likeness (QED) is 0.847. The maximum atomic E-state index is 12.0. The number of carbonyl (C=O) groups excluding carboxylic acids is 1. The third kappa shape index (κ3) is 2.68. The molecule has 128 valence electrons. The first kappa shape index (κ1) is 16.5. The Balaban J connectivity index is 1.73. The molecule has 1 aliphatic heterocycles. The Labute approximate surface area is 136 Å². The predicted molar refractivity (Wildman–Crippen MR) is 83.8 cm³/mol. The van der Waals surface area contributed by atoms with E-state index in [0.717, 1.165) is 30.1 Å². The highest BCUT2D eigenvalue weighted by atomic mass is 32.2. The van der Waals surface area contributed by atoms with Gasteiger partial charge in [0.25, 0.3) is 10.0 Å². The molecule has 2 fully saturated rings. The van der Waals surface area contributed by atoms with Crippen LogP contribution in [0.2, 0.25) is 0 Å². The summed E-state index contributed by atoms with van der Waals surface area (Å²) in [7, 11) is -0.620. The first-order valence-corrected chi connectivity index (χ1v) is 9.23. The molecule has 8 heteroatoms. The zero-order valence-corrected chi connectivity index (χ0v) is 14.3. The molecule has 1 aliphatic carbocycles. The lowest BCUT2D eigenvalue weighted by molar-refractivity contribution is -0.128. The molecule has 0 spiro atoms. The average molecular weight is 341 g/mol. The number of fused-ring (bicyclic) bond motifs is 1. The van der Waals surface area contributed by atoms with Gasteiger partial charge in [0.15, 0.2) is 0 Å². The van der Waals surface area contributed by atoms with Crippen LogP contribution in [0.25, 0.3) is 0 Å². The molecule has 23 heavy (non-hydrogen) atoms. The molecule has 0 aromatic carbocycles. The van der Waals surface area contributed by atoms with E-state index in [2.05, 4.69) is 4.90 Å². The Kier molecular flexibility index (Phi) is 4.02. The van der Waals surface area contributed by atoms with Crippen molar-refractivity contribution in [1.29, 1.82) is 0 Å². The summed E-state index contributed by atoms with van der Waals surface area (Å²) in [6, 6.07) is 3.16. The van der Waals surface area contributed by atoms with Crippen molar-refractivity contribution in [2.75, 3.05) is 27.2 Å². The number of nitrogens with two attached hydrogens (primary N) is 1. The second kappa shape index (κ2) is 5.61. The Morgan fingerprint density at radius 3 is 2.83 bits per heavy atom. The Morgan fingerprint density at radius 2 is 2.22 bits per heavy atom. The van der Waals surface area contributed by atoms with Gasteiger partial charge in [-0.15, -0.1) is 0 Å². The van der Waals surface area contributed by atoms with Crippen molar-refractivity contribution in [2.24, 2.45) is 17.1 Å². The normalized spacial score (nSPS) is 28.4. The summed E-state index contributed by atoms with van der Waals surface area (Å²) >= 11 is 0. The molecule has 2 aliphatic rings. The molecular weight excluding hydrogens is 318 g/mol. The van der Waals surface area contributed by atoms with E-state index in [1.54, 1.807) is 6.07 Å². The van der Waals surface area contributed by atoms with E-state index in [1.165, 1.54) is 20.2 Å². The van der Waals surface area contributed by atoms with Gasteiger partial charge in [0.1, 0.15) is 5.76 Å². The summed E-state index contributed by atoms with van der Waals surface area (Å²) in [4.78, 5) is 14.0. The lowest BCUT2D eigenvalue weighted by Crippen LogP contribution is -2.40. The number of primary amides is 1. The molecule has 1 aromatic rings. The fraction of sp³-hybridized carbons (Fsp3) is 0.667. The summed E-state index contributed by atoms with van der Waals surface area (Å²) in [5.41, 5.74) is 5.24. The molecule has 1 amide bonds. The Hall–Kier alpha value is -1.38. The lowest BCUT2D eigenvalue weighted by Gasteiger charge is -2.24. The smallest absolute Gasteiger partial charge is 0.275 e. The number of sulfonamides is 1. The minimum Gasteiger partial charge on any atom is -0.447 e. The van der Waals surface area contributed by atoms with Crippen LogP contribution in [0.5, 0.6) is 0 Å². The average Bonchev–Trinajstić information content (AvgIpc) is 3.12. The van der Waals surface area contributed by atoms with Crippen molar-refractivity contribution in [3.05, 3.63) is 17.9 Å². The van der Waals surface area contributed by atoms with Crippen LogP contribution < -0.4 is 5.73 Å².